The van der Waals surface area contributed by atoms with E-state index in [0.717, 1.165) is 38.6 Å². The average Bonchev–Trinajstić information content (AvgIpc) is 2.74. The monoisotopic (exact) mass is 512 g/mol. The SMILES string of the molecule is CC(C)(C)NCCCC(NC(=O)CCCc1ccc(C(CCCl)CCCl)cc1)C(=O)C(C)(C)C. The van der Waals surface area contributed by atoms with Crippen molar-refractivity contribution in [3.05, 3.63) is 35.4 Å². The first-order valence-corrected chi connectivity index (χ1v) is 13.7. The molecule has 0 radical (unpaired) electrons. The minimum atomic E-state index is -0.484. The quantitative estimate of drug-likeness (QED) is 0.205. The first-order valence-electron chi connectivity index (χ1n) is 12.7. The highest BCUT2D eigenvalue weighted by Crippen LogP contribution is 2.25. The second-order valence-electron chi connectivity index (χ2n) is 11.3. The Labute approximate surface area is 217 Å². The molecule has 0 saturated carbocycles. The second-order valence-corrected chi connectivity index (χ2v) is 12.1. The Bertz CT molecular complexity index is 730. The van der Waals surface area contributed by atoms with Crippen LogP contribution in [0.4, 0.5) is 0 Å². The molecule has 0 aromatic heterocycles. The van der Waals surface area contributed by atoms with Gasteiger partial charge < -0.3 is 10.6 Å². The number of carbonyl (C=O) groups is 2. The predicted octanol–water partition coefficient (Wildman–Crippen LogP) is 6.62. The van der Waals surface area contributed by atoms with Gasteiger partial charge in [0.2, 0.25) is 5.91 Å². The van der Waals surface area contributed by atoms with Crippen LogP contribution in [0, 0.1) is 5.41 Å². The van der Waals surface area contributed by atoms with Gasteiger partial charge in [-0.3, -0.25) is 9.59 Å². The number of Topliss-reactive ketones (excluding diaryl/α,β-unsaturated/α-hetero) is 1. The van der Waals surface area contributed by atoms with Crippen LogP contribution in [0.5, 0.6) is 0 Å². The van der Waals surface area contributed by atoms with Crippen LogP contribution < -0.4 is 10.6 Å². The van der Waals surface area contributed by atoms with E-state index in [1.165, 1.54) is 11.1 Å². The second kappa shape index (κ2) is 15.1. The zero-order valence-electron chi connectivity index (χ0n) is 22.1. The third-order valence-corrected chi connectivity index (χ3v) is 6.39. The molecular formula is C28H46Cl2N2O2. The van der Waals surface area contributed by atoms with Crippen molar-refractivity contribution in [2.45, 2.75) is 104 Å². The summed E-state index contributed by atoms with van der Waals surface area (Å²) in [4.78, 5) is 25.6. The highest BCUT2D eigenvalue weighted by molar-refractivity contribution is 6.18. The predicted molar refractivity (Wildman–Crippen MR) is 146 cm³/mol. The summed E-state index contributed by atoms with van der Waals surface area (Å²) in [7, 11) is 0. The summed E-state index contributed by atoms with van der Waals surface area (Å²) in [5.74, 6) is 1.70. The van der Waals surface area contributed by atoms with Gasteiger partial charge in [0, 0.05) is 29.1 Å². The number of alkyl halides is 2. The molecule has 4 nitrogen and oxygen atoms in total. The number of hydrogen-bond acceptors (Lipinski definition) is 3. The summed E-state index contributed by atoms with van der Waals surface area (Å²) >= 11 is 11.9. The molecule has 0 heterocycles. The maximum absolute atomic E-state index is 12.9. The van der Waals surface area contributed by atoms with Crippen molar-refractivity contribution in [3.8, 4) is 0 Å². The number of carbonyl (C=O) groups excluding carboxylic acids is 2. The van der Waals surface area contributed by atoms with Gasteiger partial charge in [-0.25, -0.2) is 0 Å². The zero-order valence-corrected chi connectivity index (χ0v) is 23.6. The number of amides is 1. The topological polar surface area (TPSA) is 58.2 Å². The van der Waals surface area contributed by atoms with Gasteiger partial charge in [0.25, 0.3) is 0 Å². The fourth-order valence-electron chi connectivity index (χ4n) is 3.98. The van der Waals surface area contributed by atoms with Crippen LogP contribution in [0.15, 0.2) is 24.3 Å². The number of hydrogen-bond donors (Lipinski definition) is 2. The smallest absolute Gasteiger partial charge is 0.220 e. The fraction of sp³-hybridized carbons (Fsp3) is 0.714. The molecule has 0 aliphatic carbocycles. The Balaban J connectivity index is 2.57. The van der Waals surface area contributed by atoms with Crippen LogP contribution in [-0.2, 0) is 16.0 Å². The van der Waals surface area contributed by atoms with Crippen molar-refractivity contribution >= 4 is 34.9 Å². The number of ketones is 1. The molecule has 0 fully saturated rings. The third kappa shape index (κ3) is 12.6. The van der Waals surface area contributed by atoms with Gasteiger partial charge in [-0.15, -0.1) is 23.2 Å². The van der Waals surface area contributed by atoms with Crippen LogP contribution >= 0.6 is 23.2 Å². The zero-order chi connectivity index (χ0) is 25.8. The van der Waals surface area contributed by atoms with E-state index in [9.17, 15) is 9.59 Å². The lowest BCUT2D eigenvalue weighted by molar-refractivity contribution is -0.132. The number of aryl methyl sites for hydroxylation is 1. The molecule has 1 atom stereocenters. The Morgan fingerprint density at radius 2 is 1.47 bits per heavy atom. The first kappa shape index (κ1) is 30.9. The molecule has 0 aliphatic rings. The minimum absolute atomic E-state index is 0.0418. The number of halogens is 2. The molecule has 1 rings (SSSR count). The number of nitrogens with one attached hydrogen (secondary N) is 2. The minimum Gasteiger partial charge on any atom is -0.346 e. The van der Waals surface area contributed by atoms with E-state index in [1.54, 1.807) is 0 Å². The highest BCUT2D eigenvalue weighted by Gasteiger charge is 2.30. The first-order chi connectivity index (χ1) is 15.9. The normalized spacial score (nSPS) is 13.2. The summed E-state index contributed by atoms with van der Waals surface area (Å²) in [5, 5.41) is 6.47. The van der Waals surface area contributed by atoms with Gasteiger partial charge in [-0.05, 0) is 82.9 Å². The molecule has 0 bridgehead atoms. The van der Waals surface area contributed by atoms with Crippen molar-refractivity contribution in [1.29, 1.82) is 0 Å². The molecule has 1 unspecified atom stereocenters. The molecule has 1 amide bonds. The summed E-state index contributed by atoms with van der Waals surface area (Å²) in [5.41, 5.74) is 2.04. The summed E-state index contributed by atoms with van der Waals surface area (Å²) in [6.45, 7) is 12.9. The molecule has 34 heavy (non-hydrogen) atoms. The highest BCUT2D eigenvalue weighted by atomic mass is 35.5. The molecule has 194 valence electrons. The lowest BCUT2D eigenvalue weighted by Crippen LogP contribution is -2.46. The Kier molecular flexibility index (Phi) is 13.7. The van der Waals surface area contributed by atoms with E-state index in [-0.39, 0.29) is 17.2 Å². The van der Waals surface area contributed by atoms with Gasteiger partial charge >= 0.3 is 0 Å². The molecule has 0 saturated heterocycles. The van der Waals surface area contributed by atoms with E-state index in [1.807, 2.05) is 20.8 Å². The molecule has 0 aliphatic heterocycles. The molecule has 2 N–H and O–H groups in total. The van der Waals surface area contributed by atoms with E-state index >= 15 is 0 Å². The van der Waals surface area contributed by atoms with Crippen molar-refractivity contribution in [2.75, 3.05) is 18.3 Å². The van der Waals surface area contributed by atoms with E-state index in [2.05, 4.69) is 55.7 Å². The Hall–Kier alpha value is -1.10. The Morgan fingerprint density at radius 1 is 0.882 bits per heavy atom. The molecule has 1 aromatic rings. The van der Waals surface area contributed by atoms with Crippen LogP contribution in [0.25, 0.3) is 0 Å². The Morgan fingerprint density at radius 3 is 1.97 bits per heavy atom. The molecule has 0 spiro atoms. The molecular weight excluding hydrogens is 467 g/mol. The van der Waals surface area contributed by atoms with Crippen LogP contribution in [-0.4, -0.2) is 41.6 Å². The van der Waals surface area contributed by atoms with Gasteiger partial charge in [-0.1, -0.05) is 45.0 Å². The van der Waals surface area contributed by atoms with Crippen molar-refractivity contribution in [2.24, 2.45) is 5.41 Å². The number of benzene rings is 1. The van der Waals surface area contributed by atoms with Gasteiger partial charge in [0.1, 0.15) is 0 Å². The van der Waals surface area contributed by atoms with Crippen molar-refractivity contribution < 1.29 is 9.59 Å². The van der Waals surface area contributed by atoms with Gasteiger partial charge in [-0.2, -0.15) is 0 Å². The largest absolute Gasteiger partial charge is 0.346 e. The lowest BCUT2D eigenvalue weighted by Gasteiger charge is -2.26. The lowest BCUT2D eigenvalue weighted by atomic mass is 9.84. The van der Waals surface area contributed by atoms with Crippen molar-refractivity contribution in [3.63, 3.8) is 0 Å². The van der Waals surface area contributed by atoms with E-state index in [0.29, 0.717) is 30.5 Å². The average molecular weight is 514 g/mol. The summed E-state index contributed by atoms with van der Waals surface area (Å²) in [6, 6.07) is 8.15. The summed E-state index contributed by atoms with van der Waals surface area (Å²) < 4.78 is 0. The fourth-order valence-corrected chi connectivity index (χ4v) is 4.51. The molecule has 1 aromatic carbocycles. The maximum atomic E-state index is 12.9. The van der Waals surface area contributed by atoms with Gasteiger partial charge in [0.15, 0.2) is 5.78 Å². The van der Waals surface area contributed by atoms with Crippen LogP contribution in [0.2, 0.25) is 0 Å². The summed E-state index contributed by atoms with van der Waals surface area (Å²) in [6.07, 6.45) is 5.33. The van der Waals surface area contributed by atoms with Crippen LogP contribution in [0.3, 0.4) is 0 Å². The van der Waals surface area contributed by atoms with E-state index in [4.69, 9.17) is 23.2 Å². The number of rotatable bonds is 15. The maximum Gasteiger partial charge on any atom is 0.220 e. The molecule has 6 heteroatoms. The van der Waals surface area contributed by atoms with Gasteiger partial charge in [0.05, 0.1) is 6.04 Å². The van der Waals surface area contributed by atoms with E-state index < -0.39 is 11.5 Å². The van der Waals surface area contributed by atoms with Crippen LogP contribution in [0.1, 0.15) is 97.1 Å². The third-order valence-electron chi connectivity index (χ3n) is 5.95. The standard InChI is InChI=1S/C28H46Cl2N2O2/c1-27(2,3)26(34)24(10-8-20-31-28(4,5)6)32-25(33)11-7-9-21-12-14-22(15-13-21)23(16-18-29)17-19-30/h12-15,23-24,31H,7-11,16-20H2,1-6H3,(H,32,33). The van der Waals surface area contributed by atoms with Crippen molar-refractivity contribution in [1.82, 2.24) is 10.6 Å².